The van der Waals surface area contributed by atoms with Crippen molar-refractivity contribution in [1.29, 1.82) is 0 Å². The van der Waals surface area contributed by atoms with E-state index in [0.717, 1.165) is 6.07 Å². The smallest absolute Gasteiger partial charge is 0.408 e. The molecule has 2 rings (SSSR count). The molecule has 1 aromatic carbocycles. The van der Waals surface area contributed by atoms with Crippen molar-refractivity contribution in [3.8, 4) is 5.75 Å². The predicted octanol–water partition coefficient (Wildman–Crippen LogP) is 3.21. The van der Waals surface area contributed by atoms with E-state index in [-0.39, 0.29) is 28.7 Å². The van der Waals surface area contributed by atoms with Crippen LogP contribution in [-0.4, -0.2) is 42.4 Å². The van der Waals surface area contributed by atoms with Crippen molar-refractivity contribution in [2.45, 2.75) is 12.2 Å². The quantitative estimate of drug-likeness (QED) is 0.875. The van der Waals surface area contributed by atoms with E-state index in [1.165, 1.54) is 11.0 Å². The van der Waals surface area contributed by atoms with Gasteiger partial charge in [-0.1, -0.05) is 23.2 Å². The molecule has 1 aromatic rings. The molecule has 0 aromatic heterocycles. The second-order valence-corrected chi connectivity index (χ2v) is 5.39. The molecule has 1 aliphatic rings. The maximum Gasteiger partial charge on any atom is 0.408 e. The highest BCUT2D eigenvalue weighted by Gasteiger charge is 2.47. The van der Waals surface area contributed by atoms with Crippen LogP contribution in [0.3, 0.4) is 0 Å². The van der Waals surface area contributed by atoms with E-state index in [4.69, 9.17) is 23.2 Å². The average Bonchev–Trinajstić information content (AvgIpc) is 2.33. The minimum Gasteiger partial charge on any atom is -0.507 e. The highest BCUT2D eigenvalue weighted by Crippen LogP contribution is 2.45. The Balaban J connectivity index is 2.46. The van der Waals surface area contributed by atoms with Gasteiger partial charge in [0.2, 0.25) is 0 Å². The monoisotopic (exact) mass is 328 g/mol. The zero-order valence-electron chi connectivity index (χ0n) is 10.3. The first kappa shape index (κ1) is 15.7. The Labute approximate surface area is 124 Å². The van der Waals surface area contributed by atoms with Crippen molar-refractivity contribution in [2.24, 2.45) is 0 Å². The number of halogens is 5. The molecular formula is C12H13Cl2F3N2O. The molecule has 1 fully saturated rings. The molecular weight excluding hydrogens is 316 g/mol. The number of hydrogen-bond donors (Lipinski definition) is 2. The Kier molecular flexibility index (Phi) is 4.69. The largest absolute Gasteiger partial charge is 0.507 e. The Bertz CT molecular complexity index is 467. The van der Waals surface area contributed by atoms with Gasteiger partial charge in [-0.3, -0.25) is 4.90 Å². The lowest BCUT2D eigenvalue weighted by atomic mass is 10.0. The normalized spacial score (nSPS) is 19.1. The van der Waals surface area contributed by atoms with Crippen LogP contribution in [0.1, 0.15) is 11.6 Å². The van der Waals surface area contributed by atoms with Gasteiger partial charge in [0, 0.05) is 36.8 Å². The van der Waals surface area contributed by atoms with Crippen LogP contribution in [0.5, 0.6) is 5.75 Å². The van der Waals surface area contributed by atoms with Crippen molar-refractivity contribution >= 4 is 23.2 Å². The van der Waals surface area contributed by atoms with Crippen LogP contribution in [0.2, 0.25) is 10.0 Å². The van der Waals surface area contributed by atoms with Crippen LogP contribution < -0.4 is 5.32 Å². The molecule has 0 saturated carbocycles. The Morgan fingerprint density at radius 2 is 1.80 bits per heavy atom. The minimum absolute atomic E-state index is 0.0949. The molecule has 0 bridgehead atoms. The lowest BCUT2D eigenvalue weighted by Gasteiger charge is -2.36. The number of alkyl halides is 3. The van der Waals surface area contributed by atoms with E-state index >= 15 is 0 Å². The summed E-state index contributed by atoms with van der Waals surface area (Å²) in [4.78, 5) is 1.26. The maximum atomic E-state index is 13.4. The van der Waals surface area contributed by atoms with Crippen LogP contribution in [0.25, 0.3) is 0 Å². The molecule has 1 aliphatic heterocycles. The van der Waals surface area contributed by atoms with Gasteiger partial charge in [0.05, 0.1) is 5.02 Å². The van der Waals surface area contributed by atoms with E-state index in [2.05, 4.69) is 5.32 Å². The predicted molar refractivity (Wildman–Crippen MR) is 71.4 cm³/mol. The molecule has 0 amide bonds. The van der Waals surface area contributed by atoms with Gasteiger partial charge in [-0.25, -0.2) is 0 Å². The lowest BCUT2D eigenvalue weighted by molar-refractivity contribution is -0.188. The van der Waals surface area contributed by atoms with Crippen molar-refractivity contribution in [2.75, 3.05) is 26.2 Å². The SMILES string of the molecule is Oc1cc(Cl)cc(Cl)c1[C@@H](N1CCNCC1)C(F)(F)F. The van der Waals surface area contributed by atoms with Gasteiger partial charge in [-0.05, 0) is 12.1 Å². The van der Waals surface area contributed by atoms with E-state index < -0.39 is 18.0 Å². The van der Waals surface area contributed by atoms with Crippen molar-refractivity contribution in [1.82, 2.24) is 10.2 Å². The molecule has 0 radical (unpaired) electrons. The second-order valence-electron chi connectivity index (χ2n) is 4.55. The fraction of sp³-hybridized carbons (Fsp3) is 0.500. The third-order valence-corrected chi connectivity index (χ3v) is 3.70. The number of nitrogens with zero attached hydrogens (tertiary/aromatic N) is 1. The maximum absolute atomic E-state index is 13.4. The van der Waals surface area contributed by atoms with Crippen LogP contribution in [0, 0.1) is 0 Å². The first-order valence-electron chi connectivity index (χ1n) is 6.00. The number of benzene rings is 1. The number of aromatic hydroxyl groups is 1. The molecule has 0 spiro atoms. The van der Waals surface area contributed by atoms with Crippen LogP contribution in [0.15, 0.2) is 12.1 Å². The van der Waals surface area contributed by atoms with Gasteiger partial charge >= 0.3 is 6.18 Å². The summed E-state index contributed by atoms with van der Waals surface area (Å²) in [6.07, 6.45) is -4.54. The lowest BCUT2D eigenvalue weighted by Crippen LogP contribution is -2.49. The zero-order chi connectivity index (χ0) is 14.9. The Hall–Kier alpha value is -0.690. The Morgan fingerprint density at radius 3 is 2.30 bits per heavy atom. The van der Waals surface area contributed by atoms with Gasteiger partial charge in [-0.15, -0.1) is 0 Å². The summed E-state index contributed by atoms with van der Waals surface area (Å²) in [5.74, 6) is -0.539. The van der Waals surface area contributed by atoms with Crippen LogP contribution in [-0.2, 0) is 0 Å². The summed E-state index contributed by atoms with van der Waals surface area (Å²) >= 11 is 11.5. The molecule has 8 heteroatoms. The third kappa shape index (κ3) is 3.31. The van der Waals surface area contributed by atoms with Gasteiger partial charge < -0.3 is 10.4 Å². The molecule has 0 aliphatic carbocycles. The molecule has 0 unspecified atom stereocenters. The van der Waals surface area contributed by atoms with Gasteiger partial charge in [0.1, 0.15) is 11.8 Å². The molecule has 1 atom stereocenters. The summed E-state index contributed by atoms with van der Waals surface area (Å²) in [7, 11) is 0. The third-order valence-electron chi connectivity index (χ3n) is 3.17. The van der Waals surface area contributed by atoms with Gasteiger partial charge in [0.25, 0.3) is 0 Å². The summed E-state index contributed by atoms with van der Waals surface area (Å²) in [5.41, 5.74) is -0.342. The van der Waals surface area contributed by atoms with E-state index in [1.54, 1.807) is 0 Å². The first-order chi connectivity index (χ1) is 9.30. The topological polar surface area (TPSA) is 35.5 Å². The molecule has 3 nitrogen and oxygen atoms in total. The number of nitrogens with one attached hydrogen (secondary N) is 1. The fourth-order valence-electron chi connectivity index (χ4n) is 2.34. The summed E-state index contributed by atoms with van der Waals surface area (Å²) < 4.78 is 40.2. The minimum atomic E-state index is -4.54. The average molecular weight is 329 g/mol. The molecule has 112 valence electrons. The molecule has 20 heavy (non-hydrogen) atoms. The zero-order valence-corrected chi connectivity index (χ0v) is 11.9. The number of phenolic OH excluding ortho intramolecular Hbond substituents is 1. The van der Waals surface area contributed by atoms with Crippen molar-refractivity contribution < 1.29 is 18.3 Å². The second kappa shape index (κ2) is 5.97. The van der Waals surface area contributed by atoms with Crippen LogP contribution >= 0.6 is 23.2 Å². The standard InChI is InChI=1S/C12H13Cl2F3N2O/c13-7-5-8(14)10(9(20)6-7)11(12(15,16)17)19-3-1-18-2-4-19/h5-6,11,18,20H,1-4H2/t11-/m1/s1. The van der Waals surface area contributed by atoms with Gasteiger partial charge in [-0.2, -0.15) is 13.2 Å². The van der Waals surface area contributed by atoms with Crippen LogP contribution in [0.4, 0.5) is 13.2 Å². The van der Waals surface area contributed by atoms with E-state index in [1.807, 2.05) is 0 Å². The Morgan fingerprint density at radius 1 is 1.20 bits per heavy atom. The number of piperazine rings is 1. The molecule has 1 saturated heterocycles. The fourth-order valence-corrected chi connectivity index (χ4v) is 2.92. The van der Waals surface area contributed by atoms with Crippen molar-refractivity contribution in [3.05, 3.63) is 27.7 Å². The summed E-state index contributed by atoms with van der Waals surface area (Å²) in [5, 5.41) is 12.7. The highest BCUT2D eigenvalue weighted by molar-refractivity contribution is 6.35. The van der Waals surface area contributed by atoms with E-state index in [0.29, 0.717) is 13.1 Å². The molecule has 2 N–H and O–H groups in total. The molecule has 1 heterocycles. The number of phenols is 1. The number of hydrogen-bond acceptors (Lipinski definition) is 3. The van der Waals surface area contributed by atoms with Gasteiger partial charge in [0.15, 0.2) is 0 Å². The first-order valence-corrected chi connectivity index (χ1v) is 6.75. The van der Waals surface area contributed by atoms with E-state index in [9.17, 15) is 18.3 Å². The summed E-state index contributed by atoms with van der Waals surface area (Å²) in [6.45, 7) is 1.36. The number of rotatable bonds is 2. The highest BCUT2D eigenvalue weighted by atomic mass is 35.5. The summed E-state index contributed by atoms with van der Waals surface area (Å²) in [6, 6.07) is 0.345. The van der Waals surface area contributed by atoms with Crippen molar-refractivity contribution in [3.63, 3.8) is 0 Å².